The number of benzene rings is 3. The van der Waals surface area contributed by atoms with E-state index >= 15 is 0 Å². The van der Waals surface area contributed by atoms with Gasteiger partial charge in [-0.1, -0.05) is 42.5 Å². The smallest absolute Gasteiger partial charge is 0.120 e. The fourth-order valence-corrected chi connectivity index (χ4v) is 2.25. The largest absolute Gasteiger partial charge is 0.491 e. The molecule has 106 valence electrons. The van der Waals surface area contributed by atoms with E-state index in [9.17, 15) is 5.11 Å². The zero-order valence-corrected chi connectivity index (χ0v) is 11.6. The molecule has 3 heteroatoms. The molecule has 0 aromatic heterocycles. The Kier molecular flexibility index (Phi) is 3.75. The van der Waals surface area contributed by atoms with Crippen molar-refractivity contribution in [2.45, 2.75) is 6.10 Å². The lowest BCUT2D eigenvalue weighted by Crippen LogP contribution is -2.09. The highest BCUT2D eigenvalue weighted by Gasteiger charge is 2.08. The number of hydrogen-bond donors (Lipinski definition) is 2. The van der Waals surface area contributed by atoms with Crippen molar-refractivity contribution in [2.24, 2.45) is 0 Å². The molecule has 0 saturated heterocycles. The van der Waals surface area contributed by atoms with Crippen LogP contribution in [0.3, 0.4) is 0 Å². The summed E-state index contributed by atoms with van der Waals surface area (Å²) in [6.07, 6.45) is -0.669. The lowest BCUT2D eigenvalue weighted by atomic mass is 10.1. The van der Waals surface area contributed by atoms with Crippen LogP contribution >= 0.6 is 0 Å². The summed E-state index contributed by atoms with van der Waals surface area (Å²) >= 11 is 0. The summed E-state index contributed by atoms with van der Waals surface area (Å²) in [5.41, 5.74) is 7.11. The van der Waals surface area contributed by atoms with E-state index in [1.165, 1.54) is 5.39 Å². The monoisotopic (exact) mass is 279 g/mol. The SMILES string of the molecule is Nc1ccc(C(O)COc2ccc3ccccc3c2)cc1. The number of fused-ring (bicyclic) bond motifs is 1. The first-order valence-corrected chi connectivity index (χ1v) is 6.87. The van der Waals surface area contributed by atoms with Crippen LogP contribution in [-0.2, 0) is 0 Å². The van der Waals surface area contributed by atoms with Crippen LogP contribution in [0, 0.1) is 0 Å². The van der Waals surface area contributed by atoms with Gasteiger partial charge in [0.2, 0.25) is 0 Å². The Bertz CT molecular complexity index is 738. The molecule has 0 radical (unpaired) electrons. The first-order chi connectivity index (χ1) is 10.2. The number of anilines is 1. The second-order valence-corrected chi connectivity index (χ2v) is 5.00. The van der Waals surface area contributed by atoms with Gasteiger partial charge in [-0.05, 0) is 40.6 Å². The molecule has 21 heavy (non-hydrogen) atoms. The molecule has 3 aromatic carbocycles. The van der Waals surface area contributed by atoms with Gasteiger partial charge in [-0.3, -0.25) is 0 Å². The Morgan fingerprint density at radius 2 is 1.62 bits per heavy atom. The Balaban J connectivity index is 1.69. The maximum Gasteiger partial charge on any atom is 0.120 e. The molecule has 0 heterocycles. The van der Waals surface area contributed by atoms with Gasteiger partial charge in [0, 0.05) is 5.69 Å². The zero-order chi connectivity index (χ0) is 14.7. The van der Waals surface area contributed by atoms with Crippen LogP contribution in [0.4, 0.5) is 5.69 Å². The van der Waals surface area contributed by atoms with Crippen LogP contribution in [0.1, 0.15) is 11.7 Å². The summed E-state index contributed by atoms with van der Waals surface area (Å²) in [6.45, 7) is 0.211. The van der Waals surface area contributed by atoms with Gasteiger partial charge in [0.15, 0.2) is 0 Å². The molecule has 0 amide bonds. The van der Waals surface area contributed by atoms with E-state index in [4.69, 9.17) is 10.5 Å². The summed E-state index contributed by atoms with van der Waals surface area (Å²) in [4.78, 5) is 0. The van der Waals surface area contributed by atoms with Crippen molar-refractivity contribution < 1.29 is 9.84 Å². The van der Waals surface area contributed by atoms with Crippen LogP contribution in [0.15, 0.2) is 66.7 Å². The van der Waals surface area contributed by atoms with E-state index < -0.39 is 6.10 Å². The molecule has 0 spiro atoms. The molecule has 0 aliphatic rings. The molecule has 0 fully saturated rings. The van der Waals surface area contributed by atoms with Crippen molar-refractivity contribution in [2.75, 3.05) is 12.3 Å². The van der Waals surface area contributed by atoms with Gasteiger partial charge in [0.1, 0.15) is 18.5 Å². The first-order valence-electron chi connectivity index (χ1n) is 6.87. The Hall–Kier alpha value is -2.52. The van der Waals surface area contributed by atoms with E-state index in [1.807, 2.05) is 48.5 Å². The van der Waals surface area contributed by atoms with E-state index in [1.54, 1.807) is 12.1 Å². The molecule has 0 saturated carbocycles. The lowest BCUT2D eigenvalue weighted by Gasteiger charge is -2.13. The molecule has 0 aliphatic carbocycles. The maximum absolute atomic E-state index is 10.1. The normalized spacial score (nSPS) is 12.2. The van der Waals surface area contributed by atoms with Gasteiger partial charge in [-0.15, -0.1) is 0 Å². The molecular weight excluding hydrogens is 262 g/mol. The van der Waals surface area contributed by atoms with Crippen molar-refractivity contribution in [1.82, 2.24) is 0 Å². The van der Waals surface area contributed by atoms with Gasteiger partial charge in [0.25, 0.3) is 0 Å². The fourth-order valence-electron chi connectivity index (χ4n) is 2.25. The van der Waals surface area contributed by atoms with Gasteiger partial charge in [-0.25, -0.2) is 0 Å². The van der Waals surface area contributed by atoms with Crippen LogP contribution < -0.4 is 10.5 Å². The predicted octanol–water partition coefficient (Wildman–Crippen LogP) is 3.53. The molecule has 1 atom stereocenters. The minimum Gasteiger partial charge on any atom is -0.491 e. The van der Waals surface area contributed by atoms with E-state index in [-0.39, 0.29) is 6.61 Å². The average molecular weight is 279 g/mol. The van der Waals surface area contributed by atoms with E-state index in [2.05, 4.69) is 6.07 Å². The number of ether oxygens (including phenoxy) is 1. The minimum absolute atomic E-state index is 0.211. The molecule has 0 aliphatic heterocycles. The summed E-state index contributed by atoms with van der Waals surface area (Å²) in [5.74, 6) is 0.753. The van der Waals surface area contributed by atoms with Crippen molar-refractivity contribution in [3.8, 4) is 5.75 Å². The third kappa shape index (κ3) is 3.15. The van der Waals surface area contributed by atoms with Gasteiger partial charge in [-0.2, -0.15) is 0 Å². The van der Waals surface area contributed by atoms with Crippen LogP contribution in [0.25, 0.3) is 10.8 Å². The second kappa shape index (κ2) is 5.85. The number of nitrogens with two attached hydrogens (primary N) is 1. The highest BCUT2D eigenvalue weighted by atomic mass is 16.5. The standard InChI is InChI=1S/C18H17NO2/c19-16-8-5-14(6-9-16)18(20)12-21-17-10-7-13-3-1-2-4-15(13)11-17/h1-11,18,20H,12,19H2. The number of aliphatic hydroxyl groups excluding tert-OH is 1. The molecular formula is C18H17NO2. The van der Waals surface area contributed by atoms with Gasteiger partial charge in [0.05, 0.1) is 0 Å². The highest BCUT2D eigenvalue weighted by Crippen LogP contribution is 2.22. The van der Waals surface area contributed by atoms with Crippen molar-refractivity contribution >= 4 is 16.5 Å². The first kappa shape index (κ1) is 13.5. The van der Waals surface area contributed by atoms with Crippen LogP contribution in [0.5, 0.6) is 5.75 Å². The molecule has 3 N–H and O–H groups in total. The molecule has 3 nitrogen and oxygen atoms in total. The van der Waals surface area contributed by atoms with Crippen LogP contribution in [-0.4, -0.2) is 11.7 Å². The Morgan fingerprint density at radius 3 is 2.38 bits per heavy atom. The van der Waals surface area contributed by atoms with Crippen molar-refractivity contribution in [3.63, 3.8) is 0 Å². The van der Waals surface area contributed by atoms with E-state index in [0.29, 0.717) is 5.69 Å². The summed E-state index contributed by atoms with van der Waals surface area (Å²) < 4.78 is 5.68. The summed E-state index contributed by atoms with van der Waals surface area (Å²) in [5, 5.41) is 12.4. The third-order valence-corrected chi connectivity index (χ3v) is 3.45. The maximum atomic E-state index is 10.1. The number of aliphatic hydroxyl groups is 1. The fraction of sp³-hybridized carbons (Fsp3) is 0.111. The lowest BCUT2D eigenvalue weighted by molar-refractivity contribution is 0.108. The summed E-state index contributed by atoms with van der Waals surface area (Å²) in [6, 6.07) is 21.2. The van der Waals surface area contributed by atoms with Crippen LogP contribution in [0.2, 0.25) is 0 Å². The van der Waals surface area contributed by atoms with Gasteiger partial charge >= 0.3 is 0 Å². The topological polar surface area (TPSA) is 55.5 Å². The van der Waals surface area contributed by atoms with Crippen molar-refractivity contribution in [3.05, 3.63) is 72.3 Å². The zero-order valence-electron chi connectivity index (χ0n) is 11.6. The second-order valence-electron chi connectivity index (χ2n) is 5.00. The van der Waals surface area contributed by atoms with Gasteiger partial charge < -0.3 is 15.6 Å². The predicted molar refractivity (Wildman–Crippen MR) is 85.3 cm³/mol. The average Bonchev–Trinajstić information content (AvgIpc) is 2.53. The number of hydrogen-bond acceptors (Lipinski definition) is 3. The Morgan fingerprint density at radius 1 is 0.905 bits per heavy atom. The third-order valence-electron chi connectivity index (χ3n) is 3.45. The number of nitrogen functional groups attached to an aromatic ring is 1. The molecule has 3 aromatic rings. The highest BCUT2D eigenvalue weighted by molar-refractivity contribution is 5.83. The minimum atomic E-state index is -0.669. The summed E-state index contributed by atoms with van der Waals surface area (Å²) in [7, 11) is 0. The van der Waals surface area contributed by atoms with Crippen molar-refractivity contribution in [1.29, 1.82) is 0 Å². The number of rotatable bonds is 4. The van der Waals surface area contributed by atoms with E-state index in [0.717, 1.165) is 16.7 Å². The molecule has 1 unspecified atom stereocenters. The molecule has 3 rings (SSSR count). The molecule has 0 bridgehead atoms. The Labute approximate surface area is 123 Å². The quantitative estimate of drug-likeness (QED) is 0.718.